The predicted octanol–water partition coefficient (Wildman–Crippen LogP) is 1.48. The summed E-state index contributed by atoms with van der Waals surface area (Å²) in [4.78, 5) is 0.337. The first kappa shape index (κ1) is 14.3. The highest BCUT2D eigenvalue weighted by Gasteiger charge is 2.29. The number of rotatable bonds is 7. The first-order valence-corrected chi connectivity index (χ1v) is 8.00. The zero-order valence-corrected chi connectivity index (χ0v) is 12.1. The fourth-order valence-corrected chi connectivity index (χ4v) is 3.66. The maximum absolute atomic E-state index is 12.5. The van der Waals surface area contributed by atoms with E-state index in [9.17, 15) is 8.42 Å². The van der Waals surface area contributed by atoms with E-state index in [-0.39, 0.29) is 0 Å². The Kier molecular flexibility index (Phi) is 4.13. The van der Waals surface area contributed by atoms with Crippen LogP contribution < -0.4 is 5.73 Å². The van der Waals surface area contributed by atoms with Crippen LogP contribution in [0, 0.1) is 0 Å². The first-order valence-electron chi connectivity index (χ1n) is 6.56. The van der Waals surface area contributed by atoms with Gasteiger partial charge in [-0.1, -0.05) is 13.0 Å². The summed E-state index contributed by atoms with van der Waals surface area (Å²) >= 11 is 0. The minimum absolute atomic E-state index is 0.325. The summed E-state index contributed by atoms with van der Waals surface area (Å²) < 4.78 is 28.4. The van der Waals surface area contributed by atoms with E-state index in [4.69, 9.17) is 5.73 Å². The molecule has 0 radical (unpaired) electrons. The van der Waals surface area contributed by atoms with Gasteiger partial charge in [-0.15, -0.1) is 6.58 Å². The fourth-order valence-electron chi connectivity index (χ4n) is 2.18. The molecule has 1 aromatic rings. The van der Waals surface area contributed by atoms with Crippen LogP contribution in [0.25, 0.3) is 0 Å². The molecule has 2 N–H and O–H groups in total. The van der Waals surface area contributed by atoms with E-state index in [1.165, 1.54) is 4.31 Å². The van der Waals surface area contributed by atoms with Gasteiger partial charge in [-0.3, -0.25) is 0 Å². The molecule has 5 nitrogen and oxygen atoms in total. The van der Waals surface area contributed by atoms with Crippen molar-refractivity contribution in [2.24, 2.45) is 5.73 Å². The lowest BCUT2D eigenvalue weighted by Crippen LogP contribution is -2.30. The van der Waals surface area contributed by atoms with Crippen molar-refractivity contribution < 1.29 is 8.42 Å². The van der Waals surface area contributed by atoms with Gasteiger partial charge in [0.2, 0.25) is 10.0 Å². The molecule has 0 bridgehead atoms. The van der Waals surface area contributed by atoms with Crippen molar-refractivity contribution in [3.05, 3.63) is 30.6 Å². The Morgan fingerprint density at radius 1 is 1.58 bits per heavy atom. The van der Waals surface area contributed by atoms with Crippen LogP contribution >= 0.6 is 0 Å². The van der Waals surface area contributed by atoms with E-state index < -0.39 is 10.0 Å². The minimum Gasteiger partial charge on any atom is -0.346 e. The summed E-state index contributed by atoms with van der Waals surface area (Å²) in [5, 5.41) is 0. The third-order valence-electron chi connectivity index (χ3n) is 3.38. The largest absolute Gasteiger partial charge is 0.346 e. The molecule has 1 saturated carbocycles. The molecule has 1 fully saturated rings. The summed E-state index contributed by atoms with van der Waals surface area (Å²) in [5.74, 6) is 0. The van der Waals surface area contributed by atoms with Gasteiger partial charge in [-0.25, -0.2) is 8.42 Å². The molecule has 0 aliphatic heterocycles. The smallest absolute Gasteiger partial charge is 0.244 e. The molecule has 0 spiro atoms. The monoisotopic (exact) mass is 283 g/mol. The van der Waals surface area contributed by atoms with Crippen LogP contribution in [-0.4, -0.2) is 30.4 Å². The Balaban J connectivity index is 2.36. The number of aromatic nitrogens is 1. The number of nitrogens with zero attached hydrogens (tertiary/aromatic N) is 2. The topological polar surface area (TPSA) is 68.3 Å². The van der Waals surface area contributed by atoms with Gasteiger partial charge in [0.1, 0.15) is 4.90 Å². The Morgan fingerprint density at radius 2 is 2.26 bits per heavy atom. The second kappa shape index (κ2) is 5.48. The number of hydrogen-bond donors (Lipinski definition) is 1. The summed E-state index contributed by atoms with van der Waals surface area (Å²) in [7, 11) is -3.45. The van der Waals surface area contributed by atoms with Crippen LogP contribution in [-0.2, 0) is 16.6 Å². The summed E-state index contributed by atoms with van der Waals surface area (Å²) in [6.45, 7) is 6.54. The second-order valence-corrected chi connectivity index (χ2v) is 6.69. The molecule has 0 amide bonds. The molecule has 1 aliphatic carbocycles. The molecule has 0 unspecified atom stereocenters. The highest BCUT2D eigenvalue weighted by Crippen LogP contribution is 2.37. The summed E-state index contributed by atoms with van der Waals surface area (Å²) in [6, 6.07) is 2.12. The molecular formula is C13H21N3O2S. The molecule has 1 aliphatic rings. The van der Waals surface area contributed by atoms with Crippen molar-refractivity contribution >= 4 is 10.0 Å². The van der Waals surface area contributed by atoms with Gasteiger partial charge in [-0.2, -0.15) is 4.31 Å². The average molecular weight is 283 g/mol. The van der Waals surface area contributed by atoms with Gasteiger partial charge in [0.15, 0.2) is 0 Å². The van der Waals surface area contributed by atoms with Crippen molar-refractivity contribution in [2.45, 2.75) is 37.2 Å². The van der Waals surface area contributed by atoms with E-state index in [0.717, 1.165) is 18.5 Å². The molecule has 2 rings (SSSR count). The molecule has 0 aromatic carbocycles. The second-order valence-electron chi connectivity index (χ2n) is 4.75. The Labute approximate surface area is 114 Å². The molecule has 1 heterocycles. The number of likely N-dealkylation sites (N-methyl/N-ethyl adjacent to an activating group) is 1. The van der Waals surface area contributed by atoms with E-state index in [0.29, 0.717) is 30.6 Å². The van der Waals surface area contributed by atoms with Crippen LogP contribution in [0.15, 0.2) is 29.8 Å². The highest BCUT2D eigenvalue weighted by molar-refractivity contribution is 7.89. The normalized spacial score (nSPS) is 15.9. The summed E-state index contributed by atoms with van der Waals surface area (Å²) in [6.07, 6.45) is 5.53. The average Bonchev–Trinajstić information content (AvgIpc) is 3.14. The maximum Gasteiger partial charge on any atom is 0.244 e. The van der Waals surface area contributed by atoms with Gasteiger partial charge in [0.05, 0.1) is 0 Å². The lowest BCUT2D eigenvalue weighted by atomic mass is 10.4. The van der Waals surface area contributed by atoms with Crippen molar-refractivity contribution in [1.82, 2.24) is 8.87 Å². The van der Waals surface area contributed by atoms with Gasteiger partial charge < -0.3 is 10.3 Å². The SMILES string of the molecule is C=CCN(CC)S(=O)(=O)c1cc(CN)n(C2CC2)c1. The predicted molar refractivity (Wildman–Crippen MR) is 75.2 cm³/mol. The third kappa shape index (κ3) is 2.75. The van der Waals surface area contributed by atoms with Crippen molar-refractivity contribution in [2.75, 3.05) is 13.1 Å². The van der Waals surface area contributed by atoms with Crippen LogP contribution in [0.1, 0.15) is 31.5 Å². The number of hydrogen-bond acceptors (Lipinski definition) is 3. The highest BCUT2D eigenvalue weighted by atomic mass is 32.2. The first-order chi connectivity index (χ1) is 9.04. The standard InChI is InChI=1S/C13H21N3O2S/c1-3-7-15(4-2)19(17,18)13-8-12(9-14)16(10-13)11-5-6-11/h3,8,10-11H,1,4-7,9,14H2,2H3. The van der Waals surface area contributed by atoms with Gasteiger partial charge in [-0.05, 0) is 18.9 Å². The fraction of sp³-hybridized carbons (Fsp3) is 0.538. The minimum atomic E-state index is -3.45. The lowest BCUT2D eigenvalue weighted by Gasteiger charge is -2.17. The molecule has 0 saturated heterocycles. The summed E-state index contributed by atoms with van der Waals surface area (Å²) in [5.41, 5.74) is 6.58. The van der Waals surface area contributed by atoms with Crippen molar-refractivity contribution in [3.8, 4) is 0 Å². The van der Waals surface area contributed by atoms with E-state index in [2.05, 4.69) is 6.58 Å². The van der Waals surface area contributed by atoms with Crippen LogP contribution in [0.4, 0.5) is 0 Å². The Hall–Kier alpha value is -1.11. The van der Waals surface area contributed by atoms with Crippen molar-refractivity contribution in [1.29, 1.82) is 0 Å². The zero-order valence-electron chi connectivity index (χ0n) is 11.2. The number of nitrogens with two attached hydrogens (primary N) is 1. The molecular weight excluding hydrogens is 262 g/mol. The van der Waals surface area contributed by atoms with E-state index in [1.807, 2.05) is 11.5 Å². The number of sulfonamides is 1. The molecule has 6 heteroatoms. The van der Waals surface area contributed by atoms with Gasteiger partial charge >= 0.3 is 0 Å². The quantitative estimate of drug-likeness (QED) is 0.771. The zero-order chi connectivity index (χ0) is 14.0. The van der Waals surface area contributed by atoms with Gasteiger partial charge in [0, 0.05) is 37.6 Å². The van der Waals surface area contributed by atoms with E-state index in [1.54, 1.807) is 18.3 Å². The Bertz CT molecular complexity index is 558. The Morgan fingerprint density at radius 3 is 2.74 bits per heavy atom. The van der Waals surface area contributed by atoms with Crippen LogP contribution in [0.3, 0.4) is 0 Å². The van der Waals surface area contributed by atoms with Gasteiger partial charge in [0.25, 0.3) is 0 Å². The molecule has 19 heavy (non-hydrogen) atoms. The molecule has 106 valence electrons. The lowest BCUT2D eigenvalue weighted by molar-refractivity contribution is 0.459. The van der Waals surface area contributed by atoms with Crippen LogP contribution in [0.5, 0.6) is 0 Å². The van der Waals surface area contributed by atoms with Crippen molar-refractivity contribution in [3.63, 3.8) is 0 Å². The third-order valence-corrected chi connectivity index (χ3v) is 5.29. The molecule has 0 atom stereocenters. The van der Waals surface area contributed by atoms with Crippen LogP contribution in [0.2, 0.25) is 0 Å². The molecule has 1 aromatic heterocycles. The van der Waals surface area contributed by atoms with E-state index >= 15 is 0 Å². The maximum atomic E-state index is 12.5.